The maximum atomic E-state index is 12.2. The van der Waals surface area contributed by atoms with Crippen molar-refractivity contribution >= 4 is 11.8 Å². The summed E-state index contributed by atoms with van der Waals surface area (Å²) in [5.74, 6) is -0.474. The largest absolute Gasteiger partial charge is 0.487 e. The van der Waals surface area contributed by atoms with Crippen molar-refractivity contribution in [3.8, 4) is 16.9 Å². The molecule has 0 amide bonds. The van der Waals surface area contributed by atoms with E-state index >= 15 is 0 Å². The number of aromatic carboxylic acids is 1. The number of ether oxygens (including phenoxy) is 1. The van der Waals surface area contributed by atoms with E-state index in [1.807, 2.05) is 30.3 Å². The summed E-state index contributed by atoms with van der Waals surface area (Å²) in [4.78, 5) is 23.2. The maximum absolute atomic E-state index is 12.2. The molecule has 4 heteroatoms. The molecule has 0 saturated carbocycles. The Balaban J connectivity index is 1.98. The fraction of sp³-hybridized carbons (Fsp3) is 0.167. The van der Waals surface area contributed by atoms with Crippen LogP contribution in [0.5, 0.6) is 5.75 Å². The molecule has 1 N–H and O–H groups in total. The highest BCUT2D eigenvalue weighted by molar-refractivity contribution is 5.99. The van der Waals surface area contributed by atoms with Crippen LogP contribution < -0.4 is 4.74 Å². The van der Waals surface area contributed by atoms with Crippen molar-refractivity contribution in [2.24, 2.45) is 0 Å². The molecule has 0 fully saturated rings. The Hall–Kier alpha value is -3.40. The molecule has 0 heterocycles. The lowest BCUT2D eigenvalue weighted by Gasteiger charge is -2.17. The molecule has 0 radical (unpaired) electrons. The van der Waals surface area contributed by atoms with E-state index in [2.05, 4.69) is 13.0 Å². The number of hydrogen-bond acceptors (Lipinski definition) is 3. The van der Waals surface area contributed by atoms with Crippen LogP contribution in [-0.4, -0.2) is 16.9 Å². The van der Waals surface area contributed by atoms with E-state index in [9.17, 15) is 9.59 Å². The molecule has 0 atom stereocenters. The molecule has 0 aliphatic heterocycles. The number of carboxylic acid groups (broad SMARTS) is 1. The standard InChI is InChI=1S/C24H22O4/c1-3-18-7-4-5-8-21(18)22-10-6-9-20(16(2)25)23(22)28-15-17-11-13-19(14-12-17)24(26)27/h4-14H,3,15H2,1-2H3,(H,26,27). The maximum Gasteiger partial charge on any atom is 0.335 e. The molecule has 4 nitrogen and oxygen atoms in total. The predicted molar refractivity (Wildman–Crippen MR) is 109 cm³/mol. The first-order valence-corrected chi connectivity index (χ1v) is 9.18. The summed E-state index contributed by atoms with van der Waals surface area (Å²) in [7, 11) is 0. The third-order valence-electron chi connectivity index (χ3n) is 4.67. The van der Waals surface area contributed by atoms with E-state index in [0.717, 1.165) is 23.1 Å². The fourth-order valence-corrected chi connectivity index (χ4v) is 3.17. The number of rotatable bonds is 7. The van der Waals surface area contributed by atoms with Gasteiger partial charge in [-0.2, -0.15) is 0 Å². The minimum Gasteiger partial charge on any atom is -0.487 e. The summed E-state index contributed by atoms with van der Waals surface area (Å²) in [5.41, 5.74) is 4.70. The molecule has 0 unspecified atom stereocenters. The molecule has 0 aliphatic rings. The molecule has 3 rings (SSSR count). The number of benzene rings is 3. The molecule has 0 saturated heterocycles. The summed E-state index contributed by atoms with van der Waals surface area (Å²) >= 11 is 0. The minimum absolute atomic E-state index is 0.0629. The second-order valence-corrected chi connectivity index (χ2v) is 6.54. The van der Waals surface area contributed by atoms with Gasteiger partial charge in [0.25, 0.3) is 0 Å². The summed E-state index contributed by atoms with van der Waals surface area (Å²) in [5, 5.41) is 9.02. The van der Waals surface area contributed by atoms with Gasteiger partial charge in [0.2, 0.25) is 0 Å². The highest BCUT2D eigenvalue weighted by Gasteiger charge is 2.16. The highest BCUT2D eigenvalue weighted by atomic mass is 16.5. The van der Waals surface area contributed by atoms with Crippen molar-refractivity contribution in [1.82, 2.24) is 0 Å². The number of aryl methyl sites for hydroxylation is 1. The molecule has 0 aromatic heterocycles. The van der Waals surface area contributed by atoms with Crippen molar-refractivity contribution in [2.45, 2.75) is 26.9 Å². The van der Waals surface area contributed by atoms with Gasteiger partial charge in [0.15, 0.2) is 5.78 Å². The summed E-state index contributed by atoms with van der Waals surface area (Å²) in [6, 6.07) is 20.2. The Bertz CT molecular complexity index is 1000. The van der Waals surface area contributed by atoms with Gasteiger partial charge in [-0.15, -0.1) is 0 Å². The fourth-order valence-electron chi connectivity index (χ4n) is 3.17. The van der Waals surface area contributed by atoms with Gasteiger partial charge in [-0.25, -0.2) is 4.79 Å². The van der Waals surface area contributed by atoms with Crippen LogP contribution in [0.3, 0.4) is 0 Å². The monoisotopic (exact) mass is 374 g/mol. The number of hydrogen-bond donors (Lipinski definition) is 1. The van der Waals surface area contributed by atoms with Gasteiger partial charge >= 0.3 is 5.97 Å². The average molecular weight is 374 g/mol. The number of para-hydroxylation sites is 1. The highest BCUT2D eigenvalue weighted by Crippen LogP contribution is 2.36. The predicted octanol–water partition coefficient (Wildman–Crippen LogP) is 5.40. The Labute approximate surface area is 164 Å². The first-order valence-electron chi connectivity index (χ1n) is 9.18. The van der Waals surface area contributed by atoms with Crippen molar-refractivity contribution < 1.29 is 19.4 Å². The first kappa shape index (κ1) is 19.4. The summed E-state index contributed by atoms with van der Waals surface area (Å²) in [6.07, 6.45) is 0.872. The van der Waals surface area contributed by atoms with Crippen molar-refractivity contribution in [3.63, 3.8) is 0 Å². The van der Waals surface area contributed by atoms with Crippen LogP contribution >= 0.6 is 0 Å². The van der Waals surface area contributed by atoms with Crippen LogP contribution in [0.1, 0.15) is 45.7 Å². The van der Waals surface area contributed by atoms with Gasteiger partial charge in [-0.1, -0.05) is 55.5 Å². The number of carbonyl (C=O) groups excluding carboxylic acids is 1. The third kappa shape index (κ3) is 4.12. The van der Waals surface area contributed by atoms with Gasteiger partial charge in [-0.05, 0) is 48.2 Å². The molecular weight excluding hydrogens is 352 g/mol. The zero-order chi connectivity index (χ0) is 20.1. The normalized spacial score (nSPS) is 10.5. The second-order valence-electron chi connectivity index (χ2n) is 6.54. The van der Waals surface area contributed by atoms with Gasteiger partial charge < -0.3 is 9.84 Å². The number of carbonyl (C=O) groups is 2. The van der Waals surface area contributed by atoms with Crippen LogP contribution in [0, 0.1) is 0 Å². The van der Waals surface area contributed by atoms with Gasteiger partial charge in [0, 0.05) is 5.56 Å². The molecule has 142 valence electrons. The van der Waals surface area contributed by atoms with E-state index < -0.39 is 5.97 Å². The number of carboxylic acids is 1. The Morgan fingerprint density at radius 3 is 2.21 bits per heavy atom. The molecule has 3 aromatic carbocycles. The molecule has 3 aromatic rings. The quantitative estimate of drug-likeness (QED) is 0.563. The van der Waals surface area contributed by atoms with Crippen LogP contribution in [0.4, 0.5) is 0 Å². The third-order valence-corrected chi connectivity index (χ3v) is 4.67. The molecular formula is C24H22O4. The van der Waals surface area contributed by atoms with Crippen LogP contribution in [0.2, 0.25) is 0 Å². The smallest absolute Gasteiger partial charge is 0.335 e. The van der Waals surface area contributed by atoms with Gasteiger partial charge in [0.05, 0.1) is 11.1 Å². The average Bonchev–Trinajstić information content (AvgIpc) is 2.72. The van der Waals surface area contributed by atoms with E-state index in [-0.39, 0.29) is 18.0 Å². The van der Waals surface area contributed by atoms with Crippen molar-refractivity contribution in [2.75, 3.05) is 0 Å². The van der Waals surface area contributed by atoms with E-state index in [4.69, 9.17) is 9.84 Å². The van der Waals surface area contributed by atoms with Gasteiger partial charge in [-0.3, -0.25) is 4.79 Å². The molecule has 0 spiro atoms. The van der Waals surface area contributed by atoms with Crippen molar-refractivity contribution in [3.05, 3.63) is 89.0 Å². The molecule has 0 aliphatic carbocycles. The topological polar surface area (TPSA) is 63.6 Å². The van der Waals surface area contributed by atoms with E-state index in [1.165, 1.54) is 12.5 Å². The number of ketones is 1. The Morgan fingerprint density at radius 1 is 0.893 bits per heavy atom. The van der Waals surface area contributed by atoms with Crippen LogP contribution in [-0.2, 0) is 13.0 Å². The lowest BCUT2D eigenvalue weighted by Crippen LogP contribution is -2.04. The Kier molecular flexibility index (Phi) is 5.90. The lowest BCUT2D eigenvalue weighted by molar-refractivity contribution is 0.0696. The number of Topliss-reactive ketones (excluding diaryl/α,β-unsaturated/α-hetero) is 1. The van der Waals surface area contributed by atoms with Gasteiger partial charge in [0.1, 0.15) is 12.4 Å². The minimum atomic E-state index is -0.965. The van der Waals surface area contributed by atoms with Crippen molar-refractivity contribution in [1.29, 1.82) is 0 Å². The molecule has 28 heavy (non-hydrogen) atoms. The lowest BCUT2D eigenvalue weighted by atomic mass is 9.95. The van der Waals surface area contributed by atoms with E-state index in [0.29, 0.717) is 11.3 Å². The molecule has 0 bridgehead atoms. The first-order chi connectivity index (χ1) is 13.5. The SMILES string of the molecule is CCc1ccccc1-c1cccc(C(C)=O)c1OCc1ccc(C(=O)O)cc1. The Morgan fingerprint density at radius 2 is 1.57 bits per heavy atom. The summed E-state index contributed by atoms with van der Waals surface area (Å²) in [6.45, 7) is 3.86. The summed E-state index contributed by atoms with van der Waals surface area (Å²) < 4.78 is 6.10. The van der Waals surface area contributed by atoms with Crippen LogP contribution in [0.15, 0.2) is 66.7 Å². The van der Waals surface area contributed by atoms with E-state index in [1.54, 1.807) is 30.3 Å². The zero-order valence-electron chi connectivity index (χ0n) is 15.9. The zero-order valence-corrected chi connectivity index (χ0v) is 15.9. The second kappa shape index (κ2) is 8.53. The van der Waals surface area contributed by atoms with Crippen LogP contribution in [0.25, 0.3) is 11.1 Å².